The Bertz CT molecular complexity index is 1040. The molecule has 0 spiro atoms. The average molecular weight is 488 g/mol. The molecular formula is C22H18BrNO5S. The van der Waals surface area contributed by atoms with E-state index in [4.69, 9.17) is 14.2 Å². The van der Waals surface area contributed by atoms with Crippen molar-refractivity contribution in [2.24, 2.45) is 0 Å². The second-order valence-corrected chi connectivity index (χ2v) is 8.41. The van der Waals surface area contributed by atoms with Crippen molar-refractivity contribution < 1.29 is 23.8 Å². The van der Waals surface area contributed by atoms with Crippen molar-refractivity contribution in [3.8, 4) is 5.75 Å². The molecule has 1 aliphatic heterocycles. The number of amides is 1. The van der Waals surface area contributed by atoms with Crippen molar-refractivity contribution in [1.29, 1.82) is 0 Å². The van der Waals surface area contributed by atoms with E-state index >= 15 is 0 Å². The van der Waals surface area contributed by atoms with Crippen LogP contribution in [0.1, 0.15) is 32.7 Å². The minimum atomic E-state index is -0.528. The van der Waals surface area contributed by atoms with Gasteiger partial charge in [-0.1, -0.05) is 52.3 Å². The van der Waals surface area contributed by atoms with Crippen molar-refractivity contribution in [3.05, 3.63) is 86.0 Å². The molecular weight excluding hydrogens is 470 g/mol. The van der Waals surface area contributed by atoms with Gasteiger partial charge in [-0.25, -0.2) is 0 Å². The normalized spacial score (nSPS) is 15.0. The highest BCUT2D eigenvalue weighted by molar-refractivity contribution is 9.10. The van der Waals surface area contributed by atoms with Crippen LogP contribution >= 0.6 is 27.3 Å². The van der Waals surface area contributed by atoms with Gasteiger partial charge in [0.25, 0.3) is 5.91 Å². The number of benzene rings is 2. The summed E-state index contributed by atoms with van der Waals surface area (Å²) in [7, 11) is 0. The molecule has 3 aromatic rings. The smallest absolute Gasteiger partial charge is 0.325 e. The first-order valence-corrected chi connectivity index (χ1v) is 10.9. The summed E-state index contributed by atoms with van der Waals surface area (Å²) in [5, 5.41) is 4.36. The predicted molar refractivity (Wildman–Crippen MR) is 115 cm³/mol. The summed E-state index contributed by atoms with van der Waals surface area (Å²) in [6.07, 6.45) is -0.528. The van der Waals surface area contributed by atoms with Crippen molar-refractivity contribution in [3.63, 3.8) is 0 Å². The van der Waals surface area contributed by atoms with E-state index in [2.05, 4.69) is 21.2 Å². The third-order valence-corrected chi connectivity index (χ3v) is 5.75. The number of halogens is 1. The molecule has 30 heavy (non-hydrogen) atoms. The lowest BCUT2D eigenvalue weighted by molar-refractivity contribution is -0.144. The lowest BCUT2D eigenvalue weighted by Crippen LogP contribution is -2.30. The Hall–Kier alpha value is -2.68. The van der Waals surface area contributed by atoms with Crippen LogP contribution < -0.4 is 10.1 Å². The zero-order valence-electron chi connectivity index (χ0n) is 15.8. The van der Waals surface area contributed by atoms with Gasteiger partial charge in [-0.3, -0.25) is 9.59 Å². The Labute approximate surface area is 185 Å². The van der Waals surface area contributed by atoms with E-state index < -0.39 is 12.3 Å². The van der Waals surface area contributed by atoms with E-state index in [-0.39, 0.29) is 19.1 Å². The monoisotopic (exact) mass is 487 g/mol. The molecule has 0 saturated carbocycles. The molecule has 6 nitrogen and oxygen atoms in total. The van der Waals surface area contributed by atoms with Gasteiger partial charge in [-0.2, -0.15) is 0 Å². The lowest BCUT2D eigenvalue weighted by Gasteiger charge is -2.28. The van der Waals surface area contributed by atoms with E-state index in [1.807, 2.05) is 42.5 Å². The standard InChI is InChI=1S/C22H18BrNO5S/c23-17-9-15(12-27-19(25)11-24-21(26)18-7-4-8-30-18)20-16(10-17)13-28-22(29-20)14-5-2-1-3-6-14/h1-10,22H,11-13H2,(H,24,26)/t22-/m0/s1. The number of carbonyl (C=O) groups excluding carboxylic acids is 2. The molecule has 1 aromatic heterocycles. The first-order valence-electron chi connectivity index (χ1n) is 9.22. The van der Waals surface area contributed by atoms with Gasteiger partial charge >= 0.3 is 5.97 Å². The molecule has 0 fully saturated rings. The third-order valence-electron chi connectivity index (χ3n) is 4.42. The topological polar surface area (TPSA) is 73.9 Å². The van der Waals surface area contributed by atoms with Crippen LogP contribution in [0.15, 0.2) is 64.5 Å². The van der Waals surface area contributed by atoms with Crippen molar-refractivity contribution >= 4 is 39.1 Å². The van der Waals surface area contributed by atoms with Crippen LogP contribution in [-0.4, -0.2) is 18.4 Å². The molecule has 1 N–H and O–H groups in total. The number of carbonyl (C=O) groups is 2. The number of thiophene rings is 1. The Morgan fingerprint density at radius 2 is 2.00 bits per heavy atom. The number of esters is 1. The van der Waals surface area contributed by atoms with Crippen LogP contribution in [0, 0.1) is 0 Å². The first kappa shape index (κ1) is 20.6. The van der Waals surface area contributed by atoms with E-state index in [0.29, 0.717) is 17.2 Å². The summed E-state index contributed by atoms with van der Waals surface area (Å²) in [6, 6.07) is 16.9. The van der Waals surface area contributed by atoms with Gasteiger partial charge in [0.1, 0.15) is 18.9 Å². The highest BCUT2D eigenvalue weighted by Gasteiger charge is 2.25. The minimum Gasteiger partial charge on any atom is -0.460 e. The predicted octanol–water partition coefficient (Wildman–Crippen LogP) is 4.59. The van der Waals surface area contributed by atoms with Gasteiger partial charge in [-0.15, -0.1) is 11.3 Å². The summed E-state index contributed by atoms with van der Waals surface area (Å²) in [4.78, 5) is 24.6. The highest BCUT2D eigenvalue weighted by atomic mass is 79.9. The number of nitrogens with one attached hydrogen (secondary N) is 1. The zero-order valence-corrected chi connectivity index (χ0v) is 18.2. The molecule has 2 aromatic carbocycles. The molecule has 0 unspecified atom stereocenters. The molecule has 154 valence electrons. The number of hydrogen-bond donors (Lipinski definition) is 1. The van der Waals surface area contributed by atoms with Crippen LogP contribution in [-0.2, 0) is 27.5 Å². The fourth-order valence-corrected chi connectivity index (χ4v) is 4.21. The Kier molecular flexibility index (Phi) is 6.47. The second-order valence-electron chi connectivity index (χ2n) is 6.55. The van der Waals surface area contributed by atoms with Gasteiger partial charge in [-0.05, 0) is 23.6 Å². The van der Waals surface area contributed by atoms with Crippen molar-refractivity contribution in [2.75, 3.05) is 6.54 Å². The summed E-state index contributed by atoms with van der Waals surface area (Å²) >= 11 is 4.78. The maximum absolute atomic E-state index is 12.1. The maximum Gasteiger partial charge on any atom is 0.325 e. The van der Waals surface area contributed by atoms with E-state index in [1.165, 1.54) is 11.3 Å². The van der Waals surface area contributed by atoms with Gasteiger partial charge in [0.15, 0.2) is 0 Å². The summed E-state index contributed by atoms with van der Waals surface area (Å²) < 4.78 is 18.1. The van der Waals surface area contributed by atoms with E-state index in [0.717, 1.165) is 21.2 Å². The number of hydrogen-bond acceptors (Lipinski definition) is 6. The maximum atomic E-state index is 12.1. The molecule has 4 rings (SSSR count). The second kappa shape index (κ2) is 9.42. The minimum absolute atomic E-state index is 0.0248. The lowest BCUT2D eigenvalue weighted by atomic mass is 10.1. The van der Waals surface area contributed by atoms with Gasteiger partial charge in [0, 0.05) is 21.2 Å². The molecule has 8 heteroatoms. The fraction of sp³-hybridized carbons (Fsp3) is 0.182. The van der Waals surface area contributed by atoms with E-state index in [9.17, 15) is 9.59 Å². The molecule has 0 bridgehead atoms. The molecule has 0 saturated heterocycles. The molecule has 0 radical (unpaired) electrons. The summed E-state index contributed by atoms with van der Waals surface area (Å²) in [5.74, 6) is -0.179. The van der Waals surface area contributed by atoms with Crippen LogP contribution in [0.4, 0.5) is 0 Å². The average Bonchev–Trinajstić information content (AvgIpc) is 3.31. The summed E-state index contributed by atoms with van der Waals surface area (Å²) in [6.45, 7) is 0.201. The fourth-order valence-electron chi connectivity index (χ4n) is 3.02. The Morgan fingerprint density at radius 1 is 1.17 bits per heavy atom. The van der Waals surface area contributed by atoms with Gasteiger partial charge in [0.2, 0.25) is 6.29 Å². The third kappa shape index (κ3) is 4.89. The van der Waals surface area contributed by atoms with Gasteiger partial charge < -0.3 is 19.5 Å². The highest BCUT2D eigenvalue weighted by Crippen LogP contribution is 2.38. The first-order chi connectivity index (χ1) is 14.6. The number of fused-ring (bicyclic) bond motifs is 1. The number of ether oxygens (including phenoxy) is 3. The molecule has 1 aliphatic rings. The molecule has 2 heterocycles. The zero-order chi connectivity index (χ0) is 20.9. The van der Waals surface area contributed by atoms with Crippen LogP contribution in [0.2, 0.25) is 0 Å². The van der Waals surface area contributed by atoms with Crippen molar-refractivity contribution in [1.82, 2.24) is 5.32 Å². The quantitative estimate of drug-likeness (QED) is 0.514. The van der Waals surface area contributed by atoms with Crippen molar-refractivity contribution in [2.45, 2.75) is 19.5 Å². The van der Waals surface area contributed by atoms with Crippen LogP contribution in [0.3, 0.4) is 0 Å². The molecule has 1 amide bonds. The SMILES string of the molecule is O=C(CNC(=O)c1cccs1)OCc1cc(Br)cc2c1O[C@@H](c1ccccc1)OC2. The van der Waals surface area contributed by atoms with Crippen LogP contribution in [0.25, 0.3) is 0 Å². The van der Waals surface area contributed by atoms with E-state index in [1.54, 1.807) is 17.5 Å². The number of rotatable bonds is 6. The summed E-state index contributed by atoms with van der Waals surface area (Å²) in [5.41, 5.74) is 2.50. The Morgan fingerprint density at radius 3 is 2.77 bits per heavy atom. The Balaban J connectivity index is 1.40. The van der Waals surface area contributed by atoms with Gasteiger partial charge in [0.05, 0.1) is 11.5 Å². The largest absolute Gasteiger partial charge is 0.460 e. The van der Waals surface area contributed by atoms with Crippen LogP contribution in [0.5, 0.6) is 5.75 Å². The molecule has 0 aliphatic carbocycles. The molecule has 1 atom stereocenters.